The summed E-state index contributed by atoms with van der Waals surface area (Å²) in [7, 11) is 0. The maximum absolute atomic E-state index is 12.3. The SMILES string of the molecule is CCC(C)(C)c1ccc(CNC(=O)[C@H]2CCN[C@@H](C)C2)cc1.Cl. The van der Waals surface area contributed by atoms with Gasteiger partial charge < -0.3 is 10.6 Å². The third-order valence-corrected chi connectivity index (χ3v) is 5.08. The van der Waals surface area contributed by atoms with Crippen molar-refractivity contribution in [3.05, 3.63) is 35.4 Å². The van der Waals surface area contributed by atoms with Gasteiger partial charge in [-0.1, -0.05) is 45.0 Å². The second kappa shape index (κ2) is 8.70. The van der Waals surface area contributed by atoms with Gasteiger partial charge in [0.2, 0.25) is 5.91 Å². The Hall–Kier alpha value is -1.06. The summed E-state index contributed by atoms with van der Waals surface area (Å²) in [6.45, 7) is 10.5. The Morgan fingerprint density at radius 1 is 1.30 bits per heavy atom. The second-order valence-corrected chi connectivity index (χ2v) is 7.23. The number of amides is 1. The summed E-state index contributed by atoms with van der Waals surface area (Å²) in [5, 5.41) is 6.48. The highest BCUT2D eigenvalue weighted by Gasteiger charge is 2.24. The van der Waals surface area contributed by atoms with Crippen molar-refractivity contribution in [2.75, 3.05) is 6.54 Å². The summed E-state index contributed by atoms with van der Waals surface area (Å²) in [5.41, 5.74) is 2.75. The maximum Gasteiger partial charge on any atom is 0.223 e. The number of carbonyl (C=O) groups excluding carboxylic acids is 1. The predicted octanol–water partition coefficient (Wildman–Crippen LogP) is 3.80. The molecule has 0 aromatic heterocycles. The molecule has 1 aromatic rings. The molecule has 2 rings (SSSR count). The molecule has 0 bridgehead atoms. The molecule has 1 heterocycles. The van der Waals surface area contributed by atoms with E-state index in [1.54, 1.807) is 0 Å². The Bertz CT molecular complexity index is 499. The topological polar surface area (TPSA) is 41.1 Å². The Morgan fingerprint density at radius 2 is 1.96 bits per heavy atom. The van der Waals surface area contributed by atoms with Crippen LogP contribution in [0.4, 0.5) is 0 Å². The van der Waals surface area contributed by atoms with E-state index in [1.165, 1.54) is 11.1 Å². The fourth-order valence-corrected chi connectivity index (χ4v) is 2.98. The molecule has 1 aliphatic rings. The maximum atomic E-state index is 12.3. The molecule has 2 atom stereocenters. The molecule has 130 valence electrons. The Labute approximate surface area is 147 Å². The van der Waals surface area contributed by atoms with Gasteiger partial charge in [-0.2, -0.15) is 0 Å². The van der Waals surface area contributed by atoms with Gasteiger partial charge in [-0.25, -0.2) is 0 Å². The number of rotatable bonds is 5. The van der Waals surface area contributed by atoms with E-state index in [4.69, 9.17) is 0 Å². The van der Waals surface area contributed by atoms with E-state index < -0.39 is 0 Å². The van der Waals surface area contributed by atoms with Gasteiger partial charge in [-0.15, -0.1) is 12.4 Å². The van der Waals surface area contributed by atoms with Crippen LogP contribution in [0, 0.1) is 5.92 Å². The van der Waals surface area contributed by atoms with Gasteiger partial charge in [0.15, 0.2) is 0 Å². The summed E-state index contributed by atoms with van der Waals surface area (Å²) < 4.78 is 0. The number of halogens is 1. The third kappa shape index (κ3) is 5.50. The van der Waals surface area contributed by atoms with Crippen molar-refractivity contribution in [3.8, 4) is 0 Å². The highest BCUT2D eigenvalue weighted by molar-refractivity contribution is 5.85. The van der Waals surface area contributed by atoms with Crippen molar-refractivity contribution in [1.29, 1.82) is 0 Å². The molecule has 23 heavy (non-hydrogen) atoms. The Morgan fingerprint density at radius 3 is 2.52 bits per heavy atom. The van der Waals surface area contributed by atoms with Crippen LogP contribution in [0.2, 0.25) is 0 Å². The first-order valence-electron chi connectivity index (χ1n) is 8.53. The summed E-state index contributed by atoms with van der Waals surface area (Å²) in [6, 6.07) is 9.10. The third-order valence-electron chi connectivity index (χ3n) is 5.08. The average molecular weight is 339 g/mol. The number of nitrogens with one attached hydrogen (secondary N) is 2. The van der Waals surface area contributed by atoms with Crippen molar-refractivity contribution < 1.29 is 4.79 Å². The van der Waals surface area contributed by atoms with Gasteiger partial charge in [0.1, 0.15) is 0 Å². The van der Waals surface area contributed by atoms with Gasteiger partial charge in [-0.3, -0.25) is 4.79 Å². The fourth-order valence-electron chi connectivity index (χ4n) is 2.98. The lowest BCUT2D eigenvalue weighted by atomic mass is 9.82. The molecule has 4 heteroatoms. The van der Waals surface area contributed by atoms with Crippen molar-refractivity contribution in [2.24, 2.45) is 5.92 Å². The fraction of sp³-hybridized carbons (Fsp3) is 0.632. The highest BCUT2D eigenvalue weighted by Crippen LogP contribution is 2.26. The zero-order valence-corrected chi connectivity index (χ0v) is 15.6. The van der Waals surface area contributed by atoms with Gasteiger partial charge in [0.25, 0.3) is 0 Å². The average Bonchev–Trinajstić information content (AvgIpc) is 2.53. The van der Waals surface area contributed by atoms with Gasteiger partial charge in [-0.05, 0) is 49.3 Å². The molecule has 2 N–H and O–H groups in total. The molecule has 1 fully saturated rings. The van der Waals surface area contributed by atoms with E-state index in [2.05, 4.69) is 62.6 Å². The van der Waals surface area contributed by atoms with E-state index in [0.29, 0.717) is 12.6 Å². The van der Waals surface area contributed by atoms with E-state index in [-0.39, 0.29) is 29.6 Å². The van der Waals surface area contributed by atoms with Crippen LogP contribution in [-0.2, 0) is 16.8 Å². The molecule has 0 spiro atoms. The zero-order valence-electron chi connectivity index (χ0n) is 14.8. The van der Waals surface area contributed by atoms with Crippen LogP contribution in [0.3, 0.4) is 0 Å². The molecule has 3 nitrogen and oxygen atoms in total. The Balaban J connectivity index is 0.00000264. The predicted molar refractivity (Wildman–Crippen MR) is 99.0 cm³/mol. The molecule has 0 radical (unpaired) electrons. The van der Waals surface area contributed by atoms with Crippen LogP contribution < -0.4 is 10.6 Å². The molecule has 0 unspecified atom stereocenters. The van der Waals surface area contributed by atoms with Crippen LogP contribution in [0.1, 0.15) is 58.1 Å². The molecule has 1 amide bonds. The normalized spacial score (nSPS) is 21.4. The molecule has 0 saturated carbocycles. The van der Waals surface area contributed by atoms with E-state index in [1.807, 2.05) is 0 Å². The smallest absolute Gasteiger partial charge is 0.223 e. The molecular formula is C19H31ClN2O. The van der Waals surface area contributed by atoms with Crippen LogP contribution in [-0.4, -0.2) is 18.5 Å². The van der Waals surface area contributed by atoms with Crippen molar-refractivity contribution in [3.63, 3.8) is 0 Å². The first-order valence-corrected chi connectivity index (χ1v) is 8.53. The summed E-state index contributed by atoms with van der Waals surface area (Å²) in [6.07, 6.45) is 3.01. The van der Waals surface area contributed by atoms with E-state index in [0.717, 1.165) is 25.8 Å². The van der Waals surface area contributed by atoms with E-state index >= 15 is 0 Å². The number of carbonyl (C=O) groups is 1. The van der Waals surface area contributed by atoms with Crippen LogP contribution in [0.25, 0.3) is 0 Å². The highest BCUT2D eigenvalue weighted by atomic mass is 35.5. The van der Waals surface area contributed by atoms with Crippen molar-refractivity contribution in [1.82, 2.24) is 10.6 Å². The standard InChI is InChI=1S/C19H30N2O.ClH/c1-5-19(3,4)17-8-6-15(7-9-17)13-21-18(22)16-10-11-20-14(2)12-16;/h6-9,14,16,20H,5,10-13H2,1-4H3,(H,21,22);1H/t14-,16-;/m0./s1. The van der Waals surface area contributed by atoms with Crippen LogP contribution >= 0.6 is 12.4 Å². The first-order chi connectivity index (χ1) is 10.4. The van der Waals surface area contributed by atoms with Crippen LogP contribution in [0.5, 0.6) is 0 Å². The van der Waals surface area contributed by atoms with Crippen LogP contribution in [0.15, 0.2) is 24.3 Å². The molecule has 1 aromatic carbocycles. The molecule has 1 saturated heterocycles. The second-order valence-electron chi connectivity index (χ2n) is 7.23. The number of hydrogen-bond acceptors (Lipinski definition) is 2. The minimum Gasteiger partial charge on any atom is -0.352 e. The minimum atomic E-state index is 0. The van der Waals surface area contributed by atoms with Gasteiger partial charge in [0, 0.05) is 18.5 Å². The Kier molecular flexibility index (Phi) is 7.56. The van der Waals surface area contributed by atoms with Crippen molar-refractivity contribution >= 4 is 18.3 Å². The summed E-state index contributed by atoms with van der Waals surface area (Å²) >= 11 is 0. The zero-order chi connectivity index (χ0) is 16.2. The summed E-state index contributed by atoms with van der Waals surface area (Å²) in [4.78, 5) is 12.3. The molecule has 1 aliphatic heterocycles. The van der Waals surface area contributed by atoms with Gasteiger partial charge in [0.05, 0.1) is 0 Å². The summed E-state index contributed by atoms with van der Waals surface area (Å²) in [5.74, 6) is 0.362. The largest absolute Gasteiger partial charge is 0.352 e. The van der Waals surface area contributed by atoms with Gasteiger partial charge >= 0.3 is 0 Å². The quantitative estimate of drug-likeness (QED) is 0.857. The lowest BCUT2D eigenvalue weighted by Crippen LogP contribution is -2.42. The monoisotopic (exact) mass is 338 g/mol. The molecular weight excluding hydrogens is 308 g/mol. The van der Waals surface area contributed by atoms with Crippen molar-refractivity contribution in [2.45, 2.75) is 65.0 Å². The lowest BCUT2D eigenvalue weighted by molar-refractivity contribution is -0.126. The number of hydrogen-bond donors (Lipinski definition) is 2. The molecule has 0 aliphatic carbocycles. The number of piperidine rings is 1. The van der Waals surface area contributed by atoms with E-state index in [9.17, 15) is 4.79 Å². The lowest BCUT2D eigenvalue weighted by Gasteiger charge is -2.27. The number of benzene rings is 1. The first kappa shape index (κ1) is 20.0. The minimum absolute atomic E-state index is 0.